The number of likely N-dealkylation sites (N-methyl/N-ethyl adjacent to an activating group) is 1. The van der Waals surface area contributed by atoms with Gasteiger partial charge in [-0.15, -0.1) is 0 Å². The fourth-order valence-electron chi connectivity index (χ4n) is 3.26. The van der Waals surface area contributed by atoms with E-state index >= 15 is 0 Å². The Hall–Kier alpha value is -1.55. The molecule has 22 heavy (non-hydrogen) atoms. The van der Waals surface area contributed by atoms with Crippen molar-refractivity contribution >= 4 is 11.5 Å². The van der Waals surface area contributed by atoms with E-state index in [2.05, 4.69) is 31.1 Å². The molecule has 1 aromatic carbocycles. The molecular formula is C18H26N2O2. The van der Waals surface area contributed by atoms with Crippen LogP contribution in [0.25, 0.3) is 0 Å². The molecule has 0 aliphatic carbocycles. The SMILES string of the molecule is CC(C)C1CN(C)c2cc(C(=O)C3CCCCN3)ccc2O1. The Morgan fingerprint density at radius 2 is 2.18 bits per heavy atom. The van der Waals surface area contributed by atoms with Gasteiger partial charge in [-0.25, -0.2) is 0 Å². The van der Waals surface area contributed by atoms with Crippen molar-refractivity contribution in [2.24, 2.45) is 5.92 Å². The van der Waals surface area contributed by atoms with E-state index in [4.69, 9.17) is 4.74 Å². The van der Waals surface area contributed by atoms with E-state index in [0.29, 0.717) is 5.92 Å². The molecule has 120 valence electrons. The monoisotopic (exact) mass is 302 g/mol. The lowest BCUT2D eigenvalue weighted by atomic mass is 9.95. The summed E-state index contributed by atoms with van der Waals surface area (Å²) in [5.41, 5.74) is 1.81. The van der Waals surface area contributed by atoms with Crippen molar-refractivity contribution in [1.82, 2.24) is 5.32 Å². The molecule has 0 saturated carbocycles. The molecule has 0 bridgehead atoms. The number of anilines is 1. The van der Waals surface area contributed by atoms with E-state index in [1.807, 2.05) is 18.2 Å². The van der Waals surface area contributed by atoms with Gasteiger partial charge in [0, 0.05) is 12.6 Å². The molecule has 2 aliphatic rings. The number of hydrogen-bond donors (Lipinski definition) is 1. The van der Waals surface area contributed by atoms with Gasteiger partial charge in [0.05, 0.1) is 18.3 Å². The van der Waals surface area contributed by atoms with Crippen LogP contribution in [0.5, 0.6) is 5.75 Å². The van der Waals surface area contributed by atoms with Crippen LogP contribution in [-0.4, -0.2) is 38.1 Å². The zero-order valence-corrected chi connectivity index (χ0v) is 13.8. The molecule has 1 aromatic rings. The molecule has 2 atom stereocenters. The minimum atomic E-state index is -0.0231. The first-order chi connectivity index (χ1) is 10.6. The van der Waals surface area contributed by atoms with E-state index in [1.54, 1.807) is 0 Å². The molecule has 1 N–H and O–H groups in total. The zero-order valence-electron chi connectivity index (χ0n) is 13.8. The van der Waals surface area contributed by atoms with Gasteiger partial charge in [0.1, 0.15) is 11.9 Å². The number of fused-ring (bicyclic) bond motifs is 1. The molecule has 3 rings (SSSR count). The summed E-state index contributed by atoms with van der Waals surface area (Å²) in [6.45, 7) is 6.16. The Bertz CT molecular complexity index is 550. The van der Waals surface area contributed by atoms with Gasteiger partial charge in [-0.2, -0.15) is 0 Å². The smallest absolute Gasteiger partial charge is 0.179 e. The van der Waals surface area contributed by atoms with E-state index in [-0.39, 0.29) is 17.9 Å². The first-order valence-corrected chi connectivity index (χ1v) is 8.35. The molecule has 0 aromatic heterocycles. The van der Waals surface area contributed by atoms with E-state index in [1.165, 1.54) is 6.42 Å². The maximum Gasteiger partial charge on any atom is 0.179 e. The number of ketones is 1. The Balaban J connectivity index is 1.82. The van der Waals surface area contributed by atoms with E-state index in [9.17, 15) is 4.79 Å². The molecule has 4 heteroatoms. The quantitative estimate of drug-likeness (QED) is 0.872. The number of ether oxygens (including phenoxy) is 1. The number of benzene rings is 1. The minimum Gasteiger partial charge on any atom is -0.486 e. The van der Waals surface area contributed by atoms with Gasteiger partial charge in [0.2, 0.25) is 0 Å². The summed E-state index contributed by atoms with van der Waals surface area (Å²) in [5.74, 6) is 1.57. The summed E-state index contributed by atoms with van der Waals surface area (Å²) in [7, 11) is 2.07. The van der Waals surface area contributed by atoms with Crippen molar-refractivity contribution in [2.75, 3.05) is 25.0 Å². The van der Waals surface area contributed by atoms with Crippen LogP contribution in [-0.2, 0) is 0 Å². The fourth-order valence-corrected chi connectivity index (χ4v) is 3.26. The summed E-state index contributed by atoms with van der Waals surface area (Å²) >= 11 is 0. The fraction of sp³-hybridized carbons (Fsp3) is 0.611. The van der Waals surface area contributed by atoms with Crippen LogP contribution >= 0.6 is 0 Å². The highest BCUT2D eigenvalue weighted by Crippen LogP contribution is 2.35. The predicted molar refractivity (Wildman–Crippen MR) is 88.9 cm³/mol. The van der Waals surface area contributed by atoms with Crippen molar-refractivity contribution in [2.45, 2.75) is 45.3 Å². The maximum atomic E-state index is 12.6. The molecule has 0 radical (unpaired) electrons. The van der Waals surface area contributed by atoms with Gasteiger partial charge < -0.3 is 15.0 Å². The average Bonchev–Trinajstić information content (AvgIpc) is 2.54. The van der Waals surface area contributed by atoms with Gasteiger partial charge in [0.25, 0.3) is 0 Å². The molecule has 0 amide bonds. The van der Waals surface area contributed by atoms with Crippen LogP contribution in [0.4, 0.5) is 5.69 Å². The Labute approximate surface area is 132 Å². The van der Waals surface area contributed by atoms with Crippen LogP contribution in [0.3, 0.4) is 0 Å². The standard InChI is InChI=1S/C18H26N2O2/c1-12(2)17-11-20(3)15-10-13(7-8-16(15)22-17)18(21)14-6-4-5-9-19-14/h7-8,10,12,14,17,19H,4-6,9,11H2,1-3H3. The van der Waals surface area contributed by atoms with Crippen molar-refractivity contribution in [3.05, 3.63) is 23.8 Å². The Morgan fingerprint density at radius 3 is 2.86 bits per heavy atom. The second-order valence-corrected chi connectivity index (χ2v) is 6.83. The molecule has 1 fully saturated rings. The lowest BCUT2D eigenvalue weighted by Gasteiger charge is -2.36. The topological polar surface area (TPSA) is 41.6 Å². The van der Waals surface area contributed by atoms with Crippen molar-refractivity contribution < 1.29 is 9.53 Å². The Morgan fingerprint density at radius 1 is 1.36 bits per heavy atom. The van der Waals surface area contributed by atoms with Crippen molar-refractivity contribution in [3.63, 3.8) is 0 Å². The average molecular weight is 302 g/mol. The molecule has 4 nitrogen and oxygen atoms in total. The second-order valence-electron chi connectivity index (χ2n) is 6.83. The number of rotatable bonds is 3. The molecule has 0 spiro atoms. The normalized spacial score (nSPS) is 24.8. The van der Waals surface area contributed by atoms with E-state index in [0.717, 1.165) is 42.9 Å². The largest absolute Gasteiger partial charge is 0.486 e. The van der Waals surface area contributed by atoms with E-state index < -0.39 is 0 Å². The summed E-state index contributed by atoms with van der Waals surface area (Å²) in [6, 6.07) is 5.83. The number of hydrogen-bond acceptors (Lipinski definition) is 4. The summed E-state index contributed by atoms with van der Waals surface area (Å²) in [5, 5.41) is 3.34. The molecule has 2 unspecified atom stereocenters. The molecular weight excluding hydrogens is 276 g/mol. The molecule has 1 saturated heterocycles. The van der Waals surface area contributed by atoms with Crippen LogP contribution < -0.4 is 15.0 Å². The van der Waals surface area contributed by atoms with Crippen LogP contribution in [0.15, 0.2) is 18.2 Å². The lowest BCUT2D eigenvalue weighted by Crippen LogP contribution is -2.42. The third-order valence-corrected chi connectivity index (χ3v) is 4.76. The minimum absolute atomic E-state index is 0.0231. The molecule has 2 aliphatic heterocycles. The number of carbonyl (C=O) groups excluding carboxylic acids is 1. The Kier molecular flexibility index (Phi) is 4.39. The van der Waals surface area contributed by atoms with Gasteiger partial charge in [-0.1, -0.05) is 20.3 Å². The predicted octanol–water partition coefficient (Wildman–Crippen LogP) is 2.86. The third kappa shape index (κ3) is 2.98. The van der Waals surface area contributed by atoms with Crippen molar-refractivity contribution in [3.8, 4) is 5.75 Å². The van der Waals surface area contributed by atoms with Crippen LogP contribution in [0.1, 0.15) is 43.5 Å². The summed E-state index contributed by atoms with van der Waals surface area (Å²) < 4.78 is 6.08. The number of carbonyl (C=O) groups is 1. The summed E-state index contributed by atoms with van der Waals surface area (Å²) in [6.07, 6.45) is 3.45. The number of nitrogens with one attached hydrogen (secondary N) is 1. The highest BCUT2D eigenvalue weighted by Gasteiger charge is 2.28. The van der Waals surface area contributed by atoms with Crippen LogP contribution in [0.2, 0.25) is 0 Å². The zero-order chi connectivity index (χ0) is 15.7. The highest BCUT2D eigenvalue weighted by atomic mass is 16.5. The van der Waals surface area contributed by atoms with Gasteiger partial charge in [-0.05, 0) is 43.5 Å². The van der Waals surface area contributed by atoms with Gasteiger partial charge in [-0.3, -0.25) is 4.79 Å². The number of nitrogens with zero attached hydrogens (tertiary/aromatic N) is 1. The molecule has 2 heterocycles. The second kappa shape index (κ2) is 6.29. The third-order valence-electron chi connectivity index (χ3n) is 4.76. The lowest BCUT2D eigenvalue weighted by molar-refractivity contribution is 0.0927. The maximum absolute atomic E-state index is 12.6. The van der Waals surface area contributed by atoms with Crippen molar-refractivity contribution in [1.29, 1.82) is 0 Å². The van der Waals surface area contributed by atoms with Crippen LogP contribution in [0, 0.1) is 5.92 Å². The first-order valence-electron chi connectivity index (χ1n) is 8.35. The number of piperidine rings is 1. The first kappa shape index (κ1) is 15.3. The van der Waals surface area contributed by atoms with Gasteiger partial charge >= 0.3 is 0 Å². The highest BCUT2D eigenvalue weighted by molar-refractivity contribution is 6.01. The van der Waals surface area contributed by atoms with Gasteiger partial charge in [0.15, 0.2) is 5.78 Å². The summed E-state index contributed by atoms with van der Waals surface area (Å²) in [4.78, 5) is 14.8. The number of Topliss-reactive ketones (excluding diaryl/α,β-unsaturated/α-hetero) is 1.